The number of aromatic nitrogens is 3. The lowest BCUT2D eigenvalue weighted by atomic mass is 10.1. The zero-order chi connectivity index (χ0) is 16.9. The van der Waals surface area contributed by atoms with Crippen molar-refractivity contribution in [2.45, 2.75) is 20.1 Å². The Morgan fingerprint density at radius 3 is 2.83 bits per heavy atom. The van der Waals surface area contributed by atoms with Crippen LogP contribution in [0.25, 0.3) is 0 Å². The Hall–Kier alpha value is -2.99. The van der Waals surface area contributed by atoms with E-state index in [1.807, 2.05) is 10.6 Å². The van der Waals surface area contributed by atoms with Crippen molar-refractivity contribution in [2.24, 2.45) is 0 Å². The third-order valence-electron chi connectivity index (χ3n) is 3.57. The summed E-state index contributed by atoms with van der Waals surface area (Å²) in [7, 11) is 0. The van der Waals surface area contributed by atoms with Gasteiger partial charge in [-0.25, -0.2) is 4.98 Å². The van der Waals surface area contributed by atoms with E-state index >= 15 is 0 Å². The van der Waals surface area contributed by atoms with Gasteiger partial charge in [-0.2, -0.15) is 0 Å². The number of hydrogen-bond donors (Lipinski definition) is 2. The molecule has 0 aliphatic carbocycles. The van der Waals surface area contributed by atoms with Gasteiger partial charge in [0.25, 0.3) is 5.91 Å². The van der Waals surface area contributed by atoms with Crippen LogP contribution in [0.2, 0.25) is 0 Å². The smallest absolute Gasteiger partial charge is 0.258 e. The van der Waals surface area contributed by atoms with Crippen LogP contribution in [0.15, 0.2) is 55.1 Å². The number of nitrogens with one attached hydrogen (secondary N) is 1. The summed E-state index contributed by atoms with van der Waals surface area (Å²) in [4.78, 5) is 20.4. The van der Waals surface area contributed by atoms with Crippen molar-refractivity contribution in [3.05, 3.63) is 77.5 Å². The summed E-state index contributed by atoms with van der Waals surface area (Å²) in [5.74, 6) is 0.201. The standard InChI is InChI=1S/C18H18N4O2/c1-13-3-2-4-14(7-13)9-22-10-17(20-12-22)21-18(24)15-5-6-16(11-23)19-8-15/h2-8,10,12,23H,9,11H2,1H3,(H,21,24). The molecule has 0 aliphatic heterocycles. The van der Waals surface area contributed by atoms with Gasteiger partial charge in [0.1, 0.15) is 0 Å². The molecule has 0 saturated carbocycles. The first-order valence-electron chi connectivity index (χ1n) is 7.58. The summed E-state index contributed by atoms with van der Waals surface area (Å²) in [5.41, 5.74) is 3.32. The van der Waals surface area contributed by atoms with E-state index in [9.17, 15) is 4.79 Å². The van der Waals surface area contributed by atoms with Crippen molar-refractivity contribution in [3.63, 3.8) is 0 Å². The molecule has 0 atom stereocenters. The minimum atomic E-state index is -0.284. The number of aliphatic hydroxyl groups is 1. The van der Waals surface area contributed by atoms with Gasteiger partial charge in [-0.3, -0.25) is 9.78 Å². The Morgan fingerprint density at radius 1 is 1.25 bits per heavy atom. The molecule has 0 fully saturated rings. The molecule has 0 unspecified atom stereocenters. The van der Waals surface area contributed by atoms with Crippen LogP contribution < -0.4 is 5.32 Å². The van der Waals surface area contributed by atoms with E-state index in [2.05, 4.69) is 40.4 Å². The highest BCUT2D eigenvalue weighted by Gasteiger charge is 2.09. The summed E-state index contributed by atoms with van der Waals surface area (Å²) in [6.07, 6.45) is 4.91. The number of nitrogens with zero attached hydrogens (tertiary/aromatic N) is 3. The van der Waals surface area contributed by atoms with Gasteiger partial charge in [0.15, 0.2) is 5.82 Å². The predicted molar refractivity (Wildman–Crippen MR) is 90.6 cm³/mol. The van der Waals surface area contributed by atoms with Crippen LogP contribution in [0.4, 0.5) is 5.82 Å². The average Bonchev–Trinajstić information content (AvgIpc) is 3.02. The zero-order valence-corrected chi connectivity index (χ0v) is 13.3. The summed E-state index contributed by atoms with van der Waals surface area (Å²) in [6, 6.07) is 11.5. The number of carbonyl (C=O) groups excluding carboxylic acids is 1. The van der Waals surface area contributed by atoms with E-state index in [-0.39, 0.29) is 12.5 Å². The third kappa shape index (κ3) is 3.85. The lowest BCUT2D eigenvalue weighted by molar-refractivity contribution is 0.102. The minimum Gasteiger partial charge on any atom is -0.390 e. The molecule has 3 rings (SSSR count). The molecular weight excluding hydrogens is 304 g/mol. The SMILES string of the molecule is Cc1cccc(Cn2cnc(NC(=O)c3ccc(CO)nc3)c2)c1. The Kier molecular flexibility index (Phi) is 4.67. The van der Waals surface area contributed by atoms with Gasteiger partial charge in [-0.15, -0.1) is 0 Å². The molecule has 0 radical (unpaired) electrons. The number of amides is 1. The fourth-order valence-electron chi connectivity index (χ4n) is 2.37. The molecule has 0 aliphatic rings. The Labute approximate surface area is 139 Å². The predicted octanol–water partition coefficient (Wildman–Crippen LogP) is 2.38. The Morgan fingerprint density at radius 2 is 2.12 bits per heavy atom. The largest absolute Gasteiger partial charge is 0.390 e. The molecule has 24 heavy (non-hydrogen) atoms. The number of carbonyl (C=O) groups is 1. The molecule has 0 bridgehead atoms. The fourth-order valence-corrected chi connectivity index (χ4v) is 2.37. The summed E-state index contributed by atoms with van der Waals surface area (Å²) in [6.45, 7) is 2.60. The van der Waals surface area contributed by atoms with Gasteiger partial charge in [0, 0.05) is 18.9 Å². The van der Waals surface area contributed by atoms with Crippen LogP contribution in [0.5, 0.6) is 0 Å². The summed E-state index contributed by atoms with van der Waals surface area (Å²) >= 11 is 0. The topological polar surface area (TPSA) is 80.0 Å². The molecule has 122 valence electrons. The molecule has 1 aromatic carbocycles. The molecule has 2 heterocycles. The summed E-state index contributed by atoms with van der Waals surface area (Å²) in [5, 5.41) is 11.7. The number of hydrogen-bond acceptors (Lipinski definition) is 4. The number of anilines is 1. The summed E-state index contributed by atoms with van der Waals surface area (Å²) < 4.78 is 1.91. The fraction of sp³-hybridized carbons (Fsp3) is 0.167. The van der Waals surface area contributed by atoms with Crippen molar-refractivity contribution in [1.82, 2.24) is 14.5 Å². The minimum absolute atomic E-state index is 0.148. The maximum Gasteiger partial charge on any atom is 0.258 e. The molecule has 6 heteroatoms. The first-order valence-corrected chi connectivity index (χ1v) is 7.58. The second kappa shape index (κ2) is 7.06. The van der Waals surface area contributed by atoms with Crippen molar-refractivity contribution < 1.29 is 9.90 Å². The molecule has 0 spiro atoms. The highest BCUT2D eigenvalue weighted by molar-refractivity contribution is 6.03. The molecule has 6 nitrogen and oxygen atoms in total. The van der Waals surface area contributed by atoms with E-state index in [0.717, 1.165) is 0 Å². The van der Waals surface area contributed by atoms with Crippen molar-refractivity contribution in [3.8, 4) is 0 Å². The van der Waals surface area contributed by atoms with Crippen LogP contribution in [0, 0.1) is 6.92 Å². The van der Waals surface area contributed by atoms with Crippen molar-refractivity contribution in [2.75, 3.05) is 5.32 Å². The van der Waals surface area contributed by atoms with Gasteiger partial charge >= 0.3 is 0 Å². The van der Waals surface area contributed by atoms with E-state index in [0.29, 0.717) is 23.6 Å². The lowest BCUT2D eigenvalue weighted by Gasteiger charge is -2.04. The number of benzene rings is 1. The normalized spacial score (nSPS) is 10.6. The van der Waals surface area contributed by atoms with Crippen LogP contribution in [0.3, 0.4) is 0 Å². The molecule has 3 aromatic rings. The Balaban J connectivity index is 1.65. The van der Waals surface area contributed by atoms with Crippen LogP contribution in [0.1, 0.15) is 27.2 Å². The van der Waals surface area contributed by atoms with E-state index in [4.69, 9.17) is 5.11 Å². The third-order valence-corrected chi connectivity index (χ3v) is 3.57. The number of aliphatic hydroxyl groups excluding tert-OH is 1. The maximum absolute atomic E-state index is 12.2. The first-order chi connectivity index (χ1) is 11.6. The van der Waals surface area contributed by atoms with E-state index in [1.165, 1.54) is 17.3 Å². The van der Waals surface area contributed by atoms with Gasteiger partial charge in [0.2, 0.25) is 0 Å². The van der Waals surface area contributed by atoms with E-state index in [1.54, 1.807) is 24.7 Å². The second-order valence-electron chi connectivity index (χ2n) is 5.57. The quantitative estimate of drug-likeness (QED) is 0.756. The molecular formula is C18H18N4O2. The molecule has 2 aromatic heterocycles. The number of imidazole rings is 1. The highest BCUT2D eigenvalue weighted by Crippen LogP contribution is 2.10. The first kappa shape index (κ1) is 15.9. The monoisotopic (exact) mass is 322 g/mol. The van der Waals surface area contributed by atoms with Crippen molar-refractivity contribution in [1.29, 1.82) is 0 Å². The van der Waals surface area contributed by atoms with Crippen LogP contribution in [-0.2, 0) is 13.2 Å². The second-order valence-corrected chi connectivity index (χ2v) is 5.57. The maximum atomic E-state index is 12.2. The van der Waals surface area contributed by atoms with Gasteiger partial charge in [0.05, 0.1) is 24.2 Å². The molecule has 1 amide bonds. The van der Waals surface area contributed by atoms with Gasteiger partial charge in [-0.1, -0.05) is 29.8 Å². The number of aryl methyl sites for hydroxylation is 1. The van der Waals surface area contributed by atoms with Crippen molar-refractivity contribution >= 4 is 11.7 Å². The van der Waals surface area contributed by atoms with Gasteiger partial charge < -0.3 is 15.0 Å². The zero-order valence-electron chi connectivity index (χ0n) is 13.3. The van der Waals surface area contributed by atoms with Crippen LogP contribution in [-0.4, -0.2) is 25.5 Å². The van der Waals surface area contributed by atoms with Crippen LogP contribution >= 0.6 is 0 Å². The molecule has 0 saturated heterocycles. The van der Waals surface area contributed by atoms with Gasteiger partial charge in [-0.05, 0) is 24.6 Å². The highest BCUT2D eigenvalue weighted by atomic mass is 16.3. The number of rotatable bonds is 5. The number of pyridine rings is 1. The molecule has 2 N–H and O–H groups in total. The Bertz CT molecular complexity index is 840. The van der Waals surface area contributed by atoms with E-state index < -0.39 is 0 Å². The lowest BCUT2D eigenvalue weighted by Crippen LogP contribution is -2.12. The average molecular weight is 322 g/mol.